The number of nitriles is 1. The van der Waals surface area contributed by atoms with Gasteiger partial charge in [0.25, 0.3) is 5.91 Å². The van der Waals surface area contributed by atoms with Crippen LogP contribution in [0.1, 0.15) is 41.6 Å². The summed E-state index contributed by atoms with van der Waals surface area (Å²) in [5.74, 6) is -0.125. The molecular formula is C30H26FN3O4. The number of amides is 1. The highest BCUT2D eigenvalue weighted by Crippen LogP contribution is 2.47. The fourth-order valence-corrected chi connectivity index (χ4v) is 5.03. The fourth-order valence-electron chi connectivity index (χ4n) is 5.03. The molecule has 2 fully saturated rings. The van der Waals surface area contributed by atoms with Gasteiger partial charge in [0.05, 0.1) is 17.8 Å². The molecule has 1 unspecified atom stereocenters. The number of fused-ring (bicyclic) bond motifs is 1. The lowest BCUT2D eigenvalue weighted by atomic mass is 10.0. The molecule has 1 aliphatic carbocycles. The van der Waals surface area contributed by atoms with Gasteiger partial charge in [-0.1, -0.05) is 12.1 Å². The summed E-state index contributed by atoms with van der Waals surface area (Å²) in [6.07, 6.45) is 4.82. The zero-order valence-corrected chi connectivity index (χ0v) is 21.2. The Labute approximate surface area is 219 Å². The van der Waals surface area contributed by atoms with Gasteiger partial charge in [-0.25, -0.2) is 4.39 Å². The summed E-state index contributed by atoms with van der Waals surface area (Å²) < 4.78 is 33.4. The van der Waals surface area contributed by atoms with Gasteiger partial charge in [-0.2, -0.15) is 5.26 Å². The molecule has 0 radical (unpaired) electrons. The second-order valence-corrected chi connectivity index (χ2v) is 10.2. The Morgan fingerprint density at radius 3 is 2.66 bits per heavy atom. The molecule has 2 aromatic carbocycles. The van der Waals surface area contributed by atoms with Crippen LogP contribution in [0.5, 0.6) is 5.75 Å². The molecule has 8 heteroatoms. The van der Waals surface area contributed by atoms with Gasteiger partial charge in [0.1, 0.15) is 23.5 Å². The summed E-state index contributed by atoms with van der Waals surface area (Å²) in [5, 5.41) is 9.84. The van der Waals surface area contributed by atoms with Crippen LogP contribution in [0.3, 0.4) is 0 Å². The number of carbonyl (C=O) groups is 1. The number of hydrogen-bond acceptors (Lipinski definition) is 6. The van der Waals surface area contributed by atoms with E-state index in [1.807, 2.05) is 12.1 Å². The lowest BCUT2D eigenvalue weighted by Crippen LogP contribution is -2.34. The molecule has 1 saturated carbocycles. The van der Waals surface area contributed by atoms with Crippen LogP contribution in [0.25, 0.3) is 33.6 Å². The van der Waals surface area contributed by atoms with E-state index >= 15 is 4.39 Å². The zero-order chi connectivity index (χ0) is 26.4. The Bertz CT molecular complexity index is 1580. The van der Waals surface area contributed by atoms with E-state index in [1.165, 1.54) is 11.0 Å². The van der Waals surface area contributed by atoms with E-state index in [0.717, 1.165) is 18.4 Å². The maximum absolute atomic E-state index is 15.4. The van der Waals surface area contributed by atoms with Crippen LogP contribution in [-0.4, -0.2) is 48.2 Å². The van der Waals surface area contributed by atoms with E-state index in [0.29, 0.717) is 53.0 Å². The first-order valence-electron chi connectivity index (χ1n) is 12.6. The van der Waals surface area contributed by atoms with Crippen LogP contribution in [0, 0.1) is 17.1 Å². The van der Waals surface area contributed by atoms with Gasteiger partial charge in [0.2, 0.25) is 0 Å². The number of benzene rings is 2. The monoisotopic (exact) mass is 511 g/mol. The summed E-state index contributed by atoms with van der Waals surface area (Å²) in [4.78, 5) is 18.1. The summed E-state index contributed by atoms with van der Waals surface area (Å²) in [7, 11) is 3.41. The van der Waals surface area contributed by atoms with Gasteiger partial charge in [0, 0.05) is 55.9 Å². The summed E-state index contributed by atoms with van der Waals surface area (Å²) in [6.45, 7) is 0.580. The minimum Gasteiger partial charge on any atom is -0.486 e. The molecule has 3 heterocycles. The minimum atomic E-state index is -0.590. The highest BCUT2D eigenvalue weighted by molar-refractivity contribution is 5.95. The third kappa shape index (κ3) is 4.39. The number of nitrogens with zero attached hydrogens (tertiary/aromatic N) is 3. The zero-order valence-electron chi connectivity index (χ0n) is 21.2. The van der Waals surface area contributed by atoms with Crippen LogP contribution < -0.4 is 4.74 Å². The number of halogens is 1. The molecule has 7 nitrogen and oxygen atoms in total. The topological polar surface area (TPSA) is 88.6 Å². The third-order valence-electron chi connectivity index (χ3n) is 7.25. The second kappa shape index (κ2) is 9.26. The number of carbonyl (C=O) groups excluding carboxylic acids is 1. The second-order valence-electron chi connectivity index (χ2n) is 10.2. The molecule has 38 heavy (non-hydrogen) atoms. The molecule has 0 bridgehead atoms. The third-order valence-corrected chi connectivity index (χ3v) is 7.25. The van der Waals surface area contributed by atoms with Crippen LogP contribution in [-0.2, 0) is 4.74 Å². The van der Waals surface area contributed by atoms with E-state index < -0.39 is 5.82 Å². The summed E-state index contributed by atoms with van der Waals surface area (Å²) in [5.41, 5.74) is 3.56. The number of ether oxygens (including phenoxy) is 2. The first kappa shape index (κ1) is 24.1. The van der Waals surface area contributed by atoms with Crippen molar-refractivity contribution >= 4 is 17.0 Å². The first-order valence-corrected chi connectivity index (χ1v) is 12.6. The van der Waals surface area contributed by atoms with E-state index in [-0.39, 0.29) is 28.9 Å². The fraction of sp³-hybridized carbons (Fsp3) is 0.300. The van der Waals surface area contributed by atoms with Gasteiger partial charge in [-0.15, -0.1) is 0 Å². The van der Waals surface area contributed by atoms with Crippen molar-refractivity contribution in [3.63, 3.8) is 0 Å². The summed E-state index contributed by atoms with van der Waals surface area (Å²) in [6, 6.07) is 15.8. The molecule has 1 saturated heterocycles. The molecule has 4 aromatic rings. The highest BCUT2D eigenvalue weighted by atomic mass is 19.1. The normalized spacial score (nSPS) is 17.8. The highest BCUT2D eigenvalue weighted by Gasteiger charge is 2.48. The van der Waals surface area contributed by atoms with Crippen molar-refractivity contribution in [3.8, 4) is 34.3 Å². The SMILES string of the molecule is CN(C)C(=O)c1ccc(-c2cc3nccc(-c4cc(F)c(OC5CCOC6(CC6)C5)c(C#N)c4)c3o2)cc1. The Hall–Kier alpha value is -4.22. The number of aromatic nitrogens is 1. The van der Waals surface area contributed by atoms with E-state index in [9.17, 15) is 10.1 Å². The number of furan rings is 1. The maximum Gasteiger partial charge on any atom is 0.253 e. The lowest BCUT2D eigenvalue weighted by Gasteiger charge is -2.30. The molecule has 1 atom stereocenters. The molecule has 192 valence electrons. The van der Waals surface area contributed by atoms with E-state index in [2.05, 4.69) is 11.1 Å². The molecule has 1 spiro atoms. The maximum atomic E-state index is 15.4. The van der Waals surface area contributed by atoms with Crippen LogP contribution in [0.4, 0.5) is 4.39 Å². The largest absolute Gasteiger partial charge is 0.486 e. The summed E-state index contributed by atoms with van der Waals surface area (Å²) >= 11 is 0. The predicted molar refractivity (Wildman–Crippen MR) is 139 cm³/mol. The average molecular weight is 512 g/mol. The predicted octanol–water partition coefficient (Wildman–Crippen LogP) is 5.96. The Kier molecular flexibility index (Phi) is 5.88. The quantitative estimate of drug-likeness (QED) is 0.328. The van der Waals surface area contributed by atoms with Gasteiger partial charge in [0.15, 0.2) is 17.1 Å². The molecular weight excluding hydrogens is 485 g/mol. The number of rotatable bonds is 5. The van der Waals surface area contributed by atoms with Crippen LogP contribution >= 0.6 is 0 Å². The molecule has 1 amide bonds. The molecule has 6 rings (SSSR count). The van der Waals surface area contributed by atoms with Crippen molar-refractivity contribution < 1.29 is 23.1 Å². The van der Waals surface area contributed by atoms with Crippen molar-refractivity contribution in [1.29, 1.82) is 5.26 Å². The van der Waals surface area contributed by atoms with E-state index in [1.54, 1.807) is 50.6 Å². The van der Waals surface area contributed by atoms with Crippen molar-refractivity contribution in [2.24, 2.45) is 0 Å². The van der Waals surface area contributed by atoms with Crippen molar-refractivity contribution in [1.82, 2.24) is 9.88 Å². The van der Waals surface area contributed by atoms with Crippen molar-refractivity contribution in [2.45, 2.75) is 37.4 Å². The standard InChI is InChI=1S/C30H26FN3O4/c1-34(2)29(35)19-5-3-18(4-6-19)26-15-25-28(38-26)23(7-11-33-25)20-13-21(17-32)27(24(31)14-20)37-22-8-12-36-30(16-22)9-10-30/h3-7,11,13-15,22H,8-10,12,16H2,1-2H3. The van der Waals surface area contributed by atoms with Gasteiger partial charge < -0.3 is 18.8 Å². The first-order chi connectivity index (χ1) is 18.4. The molecule has 2 aliphatic rings. The van der Waals surface area contributed by atoms with Gasteiger partial charge >= 0.3 is 0 Å². The molecule has 1 aliphatic heterocycles. The van der Waals surface area contributed by atoms with Crippen LogP contribution in [0.2, 0.25) is 0 Å². The molecule has 0 N–H and O–H groups in total. The lowest BCUT2D eigenvalue weighted by molar-refractivity contribution is -0.0521. The Morgan fingerprint density at radius 2 is 1.95 bits per heavy atom. The van der Waals surface area contributed by atoms with Gasteiger partial charge in [-0.05, 0) is 48.7 Å². The van der Waals surface area contributed by atoms with E-state index in [4.69, 9.17) is 13.9 Å². The van der Waals surface area contributed by atoms with Crippen molar-refractivity contribution in [3.05, 3.63) is 71.7 Å². The Morgan fingerprint density at radius 1 is 1.16 bits per heavy atom. The Balaban J connectivity index is 1.32. The van der Waals surface area contributed by atoms with Crippen molar-refractivity contribution in [2.75, 3.05) is 20.7 Å². The average Bonchev–Trinajstić information content (AvgIpc) is 3.51. The van der Waals surface area contributed by atoms with Crippen LogP contribution in [0.15, 0.2) is 59.1 Å². The smallest absolute Gasteiger partial charge is 0.253 e. The minimum absolute atomic E-state index is 0.0169. The van der Waals surface area contributed by atoms with Gasteiger partial charge in [-0.3, -0.25) is 9.78 Å². The molecule has 2 aromatic heterocycles. The number of pyridine rings is 1. The number of hydrogen-bond donors (Lipinski definition) is 0.